The van der Waals surface area contributed by atoms with E-state index in [0.29, 0.717) is 6.54 Å². The van der Waals surface area contributed by atoms with Crippen LogP contribution in [-0.4, -0.2) is 45.8 Å². The monoisotopic (exact) mass is 407 g/mol. The fourth-order valence-electron chi connectivity index (χ4n) is 3.75. The van der Waals surface area contributed by atoms with Crippen LogP contribution in [0.15, 0.2) is 52.6 Å². The Morgan fingerprint density at radius 2 is 1.76 bits per heavy atom. The van der Waals surface area contributed by atoms with Gasteiger partial charge in [0.25, 0.3) is 5.56 Å². The topological polar surface area (TPSA) is 54.3 Å². The lowest BCUT2D eigenvalue weighted by molar-refractivity contribution is 0.246. The Labute approximate surface area is 174 Å². The number of piperazine rings is 1. The molecule has 7 heteroatoms. The molecule has 0 spiro atoms. The summed E-state index contributed by atoms with van der Waals surface area (Å²) in [6.07, 6.45) is 2.62. The van der Waals surface area contributed by atoms with Crippen LogP contribution in [0.2, 0.25) is 0 Å². The van der Waals surface area contributed by atoms with Gasteiger partial charge in [0.15, 0.2) is 0 Å². The lowest BCUT2D eigenvalue weighted by Gasteiger charge is -2.35. The molecule has 3 aromatic rings. The first-order chi connectivity index (χ1) is 14.2. The van der Waals surface area contributed by atoms with Gasteiger partial charge in [-0.25, -0.2) is 9.67 Å². The zero-order valence-corrected chi connectivity index (χ0v) is 17.2. The number of anilines is 1. The molecule has 1 aromatic carbocycles. The first kappa shape index (κ1) is 18.5. The van der Waals surface area contributed by atoms with E-state index in [0.717, 1.165) is 50.0 Å². The summed E-state index contributed by atoms with van der Waals surface area (Å²) in [5.74, 6) is 1.62. The summed E-state index contributed by atoms with van der Waals surface area (Å²) < 4.78 is 1.56. The van der Waals surface area contributed by atoms with Crippen LogP contribution in [0, 0.1) is 0 Å². The van der Waals surface area contributed by atoms with Gasteiger partial charge in [0.2, 0.25) is 0 Å². The van der Waals surface area contributed by atoms with E-state index in [1.807, 2.05) is 47.7 Å². The Hall–Kier alpha value is -2.51. The first-order valence-corrected chi connectivity index (χ1v) is 11.2. The zero-order valence-electron chi connectivity index (χ0n) is 16.4. The van der Waals surface area contributed by atoms with Crippen molar-refractivity contribution in [3.8, 4) is 0 Å². The molecule has 2 aliphatic rings. The summed E-state index contributed by atoms with van der Waals surface area (Å²) >= 11 is 1.82. The van der Waals surface area contributed by atoms with Crippen molar-refractivity contribution in [2.75, 3.05) is 31.1 Å². The molecule has 0 radical (unpaired) electrons. The summed E-state index contributed by atoms with van der Waals surface area (Å²) in [7, 11) is 0. The first-order valence-electron chi connectivity index (χ1n) is 10.3. The molecule has 0 bridgehead atoms. The predicted molar refractivity (Wildman–Crippen MR) is 116 cm³/mol. The smallest absolute Gasteiger partial charge is 0.267 e. The second-order valence-corrected chi connectivity index (χ2v) is 8.78. The molecular formula is C22H25N5OS. The highest BCUT2D eigenvalue weighted by Gasteiger charge is 2.27. The Balaban J connectivity index is 1.21. The van der Waals surface area contributed by atoms with Crippen molar-refractivity contribution in [3.63, 3.8) is 0 Å². The van der Waals surface area contributed by atoms with Crippen LogP contribution >= 0.6 is 11.3 Å². The van der Waals surface area contributed by atoms with Crippen molar-refractivity contribution in [3.05, 3.63) is 74.5 Å². The minimum absolute atomic E-state index is 0.0637. The van der Waals surface area contributed by atoms with Gasteiger partial charge in [-0.15, -0.1) is 11.3 Å². The van der Waals surface area contributed by atoms with Gasteiger partial charge in [0, 0.05) is 50.1 Å². The molecule has 2 fully saturated rings. The summed E-state index contributed by atoms with van der Waals surface area (Å²) in [6.45, 7) is 5.22. The SMILES string of the molecule is O=c1ccc(N2CCN(Cc3csc(C4CC4)n3)CC2)nn1Cc1ccccc1. The minimum Gasteiger partial charge on any atom is -0.353 e. The third kappa shape index (κ3) is 4.41. The molecule has 150 valence electrons. The molecule has 0 unspecified atom stereocenters. The highest BCUT2D eigenvalue weighted by Crippen LogP contribution is 2.41. The average Bonchev–Trinajstić information content (AvgIpc) is 3.50. The third-order valence-electron chi connectivity index (χ3n) is 5.61. The molecule has 1 saturated heterocycles. The second kappa shape index (κ2) is 8.08. The normalized spacial score (nSPS) is 17.6. The Kier molecular flexibility index (Phi) is 5.16. The van der Waals surface area contributed by atoms with Crippen molar-refractivity contribution < 1.29 is 0 Å². The molecule has 0 amide bonds. The van der Waals surface area contributed by atoms with Gasteiger partial charge in [0.05, 0.1) is 17.2 Å². The van der Waals surface area contributed by atoms with Crippen LogP contribution < -0.4 is 10.5 Å². The molecule has 3 heterocycles. The lowest BCUT2D eigenvalue weighted by Crippen LogP contribution is -2.46. The summed E-state index contributed by atoms with van der Waals surface area (Å²) in [6, 6.07) is 13.5. The zero-order chi connectivity index (χ0) is 19.6. The molecule has 6 nitrogen and oxygen atoms in total. The summed E-state index contributed by atoms with van der Waals surface area (Å²) in [4.78, 5) is 21.8. The highest BCUT2D eigenvalue weighted by molar-refractivity contribution is 7.09. The van der Waals surface area contributed by atoms with Crippen LogP contribution in [0.5, 0.6) is 0 Å². The molecule has 1 saturated carbocycles. The largest absolute Gasteiger partial charge is 0.353 e. The second-order valence-electron chi connectivity index (χ2n) is 7.89. The van der Waals surface area contributed by atoms with Gasteiger partial charge in [-0.1, -0.05) is 30.3 Å². The number of aromatic nitrogens is 3. The van der Waals surface area contributed by atoms with Crippen molar-refractivity contribution in [1.29, 1.82) is 0 Å². The maximum absolute atomic E-state index is 12.2. The van der Waals surface area contributed by atoms with Crippen molar-refractivity contribution in [1.82, 2.24) is 19.7 Å². The molecule has 2 aromatic heterocycles. The summed E-state index contributed by atoms with van der Waals surface area (Å²) in [5, 5.41) is 8.18. The standard InChI is InChI=1S/C22H25N5OS/c28-21-9-8-20(24-27(21)14-17-4-2-1-3-5-17)26-12-10-25(11-13-26)15-19-16-29-22(23-19)18-6-7-18/h1-5,8-9,16,18H,6-7,10-15H2. The number of benzene rings is 1. The van der Waals surface area contributed by atoms with Crippen LogP contribution in [0.3, 0.4) is 0 Å². The molecule has 1 aliphatic heterocycles. The van der Waals surface area contributed by atoms with Gasteiger partial charge in [-0.2, -0.15) is 5.10 Å². The van der Waals surface area contributed by atoms with Crippen LogP contribution in [-0.2, 0) is 13.1 Å². The van der Waals surface area contributed by atoms with Crippen molar-refractivity contribution in [2.24, 2.45) is 0 Å². The van der Waals surface area contributed by atoms with E-state index in [-0.39, 0.29) is 5.56 Å². The van der Waals surface area contributed by atoms with E-state index in [2.05, 4.69) is 20.3 Å². The van der Waals surface area contributed by atoms with E-state index in [4.69, 9.17) is 4.98 Å². The van der Waals surface area contributed by atoms with Crippen LogP contribution in [0.1, 0.15) is 35.0 Å². The molecule has 0 atom stereocenters. The number of rotatable bonds is 6. The Bertz CT molecular complexity index is 1020. The fraction of sp³-hybridized carbons (Fsp3) is 0.409. The fourth-order valence-corrected chi connectivity index (χ4v) is 4.74. The summed E-state index contributed by atoms with van der Waals surface area (Å²) in [5.41, 5.74) is 2.23. The lowest BCUT2D eigenvalue weighted by atomic mass is 10.2. The molecule has 0 N–H and O–H groups in total. The molecular weight excluding hydrogens is 382 g/mol. The molecule has 5 rings (SSSR count). The molecule has 29 heavy (non-hydrogen) atoms. The van der Waals surface area contributed by atoms with Crippen molar-refractivity contribution >= 4 is 17.2 Å². The minimum atomic E-state index is -0.0637. The van der Waals surface area contributed by atoms with Crippen molar-refractivity contribution in [2.45, 2.75) is 31.8 Å². The van der Waals surface area contributed by atoms with Gasteiger partial charge in [-0.3, -0.25) is 9.69 Å². The Morgan fingerprint density at radius 3 is 2.52 bits per heavy atom. The number of hydrogen-bond donors (Lipinski definition) is 0. The van der Waals surface area contributed by atoms with E-state index >= 15 is 0 Å². The quantitative estimate of drug-likeness (QED) is 0.629. The molecule has 1 aliphatic carbocycles. The van der Waals surface area contributed by atoms with Gasteiger partial charge in [0.1, 0.15) is 5.82 Å². The van der Waals surface area contributed by atoms with Gasteiger partial charge in [-0.05, 0) is 24.5 Å². The third-order valence-corrected chi connectivity index (χ3v) is 6.66. The highest BCUT2D eigenvalue weighted by atomic mass is 32.1. The number of nitrogens with zero attached hydrogens (tertiary/aromatic N) is 5. The number of thiazole rings is 1. The maximum Gasteiger partial charge on any atom is 0.267 e. The number of hydrogen-bond acceptors (Lipinski definition) is 6. The van der Waals surface area contributed by atoms with Crippen LogP contribution in [0.4, 0.5) is 5.82 Å². The van der Waals surface area contributed by atoms with E-state index in [9.17, 15) is 4.79 Å². The predicted octanol–water partition coefficient (Wildman–Crippen LogP) is 2.95. The van der Waals surface area contributed by atoms with Gasteiger partial charge < -0.3 is 4.90 Å². The van der Waals surface area contributed by atoms with E-state index in [1.54, 1.807) is 10.7 Å². The Morgan fingerprint density at radius 1 is 0.966 bits per heavy atom. The van der Waals surface area contributed by atoms with E-state index < -0.39 is 0 Å². The van der Waals surface area contributed by atoms with E-state index in [1.165, 1.54) is 23.5 Å². The average molecular weight is 408 g/mol. The van der Waals surface area contributed by atoms with Crippen LogP contribution in [0.25, 0.3) is 0 Å². The maximum atomic E-state index is 12.2. The van der Waals surface area contributed by atoms with Gasteiger partial charge >= 0.3 is 0 Å².